The Balaban J connectivity index is -0.0000000881. The van der Waals surface area contributed by atoms with E-state index in [4.69, 9.17) is 29.7 Å². The van der Waals surface area contributed by atoms with Crippen molar-refractivity contribution < 1.29 is 34.1 Å². The van der Waals surface area contributed by atoms with Gasteiger partial charge in [-0.15, -0.1) is 0 Å². The first-order valence-corrected chi connectivity index (χ1v) is 4.74. The predicted octanol–water partition coefficient (Wildman–Crippen LogP) is -2.49. The van der Waals surface area contributed by atoms with Crippen molar-refractivity contribution in [3.63, 3.8) is 0 Å². The molecule has 5 radical (unpaired) electrons. The predicted molar refractivity (Wildman–Crippen MR) is 63.0 cm³/mol. The number of hydrogen-bond acceptors (Lipinski definition) is 6. The zero-order valence-electron chi connectivity index (χ0n) is 11.1. The van der Waals surface area contributed by atoms with Crippen LogP contribution >= 0.6 is 0 Å². The zero-order valence-corrected chi connectivity index (χ0v) is 15.0. The van der Waals surface area contributed by atoms with E-state index in [1.54, 1.807) is 12.1 Å². The topological polar surface area (TPSA) is 120 Å². The van der Waals surface area contributed by atoms with Gasteiger partial charge in [0.1, 0.15) is 5.82 Å². The van der Waals surface area contributed by atoms with Crippen LogP contribution in [-0.2, 0) is 14.4 Å². The van der Waals surface area contributed by atoms with Gasteiger partial charge in [0.05, 0.1) is 0 Å². The minimum Gasteiger partial charge on any atom is -0.550 e. The number of carbonyl (C=O) groups is 3. The summed E-state index contributed by atoms with van der Waals surface area (Å²) < 4.78 is 11.9. The Labute approximate surface area is 136 Å². The molecule has 0 aliphatic carbocycles. The molecule has 6 nitrogen and oxygen atoms in total. The van der Waals surface area contributed by atoms with E-state index < -0.39 is 17.9 Å². The van der Waals surface area contributed by atoms with Gasteiger partial charge in [-0.3, -0.25) is 0 Å². The number of carbonyl (C=O) groups excluding carboxylic acids is 3. The second kappa shape index (κ2) is 19.8. The molecule has 1 aromatic rings. The molecule has 0 saturated carbocycles. The molecule has 0 amide bonds. The van der Waals surface area contributed by atoms with Crippen molar-refractivity contribution in [1.29, 1.82) is 0 Å². The number of hydrogen-bond donors (Lipinski definition) is 0. The molecule has 0 heterocycles. The maximum atomic E-state index is 11.9. The van der Waals surface area contributed by atoms with Crippen LogP contribution in [0.25, 0.3) is 0 Å². The molecule has 0 N–H and O–H groups in total. The van der Waals surface area contributed by atoms with Gasteiger partial charge in [0.25, 0.3) is 0 Å². The molecule has 0 bridgehead atoms. The van der Waals surface area contributed by atoms with E-state index in [0.29, 0.717) is 0 Å². The van der Waals surface area contributed by atoms with Crippen LogP contribution in [0.5, 0.6) is 0 Å². The summed E-state index contributed by atoms with van der Waals surface area (Å²) in [4.78, 5) is 26.7. The number of benzene rings is 1. The van der Waals surface area contributed by atoms with Crippen LogP contribution in [0.1, 0.15) is 20.8 Å². The van der Waals surface area contributed by atoms with Crippen molar-refractivity contribution in [3.05, 3.63) is 36.1 Å². The van der Waals surface area contributed by atoms with Crippen molar-refractivity contribution in [2.75, 3.05) is 0 Å². The van der Waals surface area contributed by atoms with Crippen LogP contribution in [0.4, 0.5) is 4.39 Å². The molecule has 0 saturated heterocycles. The molecule has 20 heavy (non-hydrogen) atoms. The molecule has 1 rings (SSSR count). The van der Waals surface area contributed by atoms with Gasteiger partial charge in [0, 0.05) is 51.3 Å². The monoisotopic (exact) mass is 480 g/mol. The van der Waals surface area contributed by atoms with Gasteiger partial charge in [-0.1, -0.05) is 18.2 Å². The summed E-state index contributed by atoms with van der Waals surface area (Å²) in [6.07, 6.45) is 0. The van der Waals surface area contributed by atoms with Crippen LogP contribution in [0.15, 0.2) is 24.3 Å². The van der Waals surface area contributed by atoms with Crippen molar-refractivity contribution in [1.82, 2.24) is 0 Å². The van der Waals surface area contributed by atoms with Crippen molar-refractivity contribution in [2.45, 2.75) is 20.8 Å². The number of carboxylic acid groups (broad SMARTS) is 3. The average Bonchev–Trinajstić information content (AvgIpc) is 2.15. The smallest absolute Gasteiger partial charge is 0.131 e. The summed E-state index contributed by atoms with van der Waals surface area (Å²) in [7, 11) is 0. The molecule has 0 aliphatic heterocycles. The molecule has 0 unspecified atom stereocenters. The second-order valence-electron chi connectivity index (χ2n) is 2.69. The summed E-state index contributed by atoms with van der Waals surface area (Å²) in [6.45, 7) is 2.92. The molecule has 111 valence electrons. The van der Waals surface area contributed by atoms with Crippen molar-refractivity contribution in [3.8, 4) is 0 Å². The third-order valence-electron chi connectivity index (χ3n) is 0.671. The van der Waals surface area contributed by atoms with Crippen molar-refractivity contribution in [2.24, 2.45) is 0 Å². The van der Waals surface area contributed by atoms with Gasteiger partial charge in [-0.05, 0) is 26.8 Å². The standard InChI is InChI=1S/C6H4F.3C2H4O2.Pb/c7-6-4-2-1-3-5-6;3*1-2(3)4;/h1-4H;3*1H3,(H,3,4);/p-3. The molecule has 0 fully saturated rings. The third kappa shape index (κ3) is 94.0. The Morgan fingerprint density at radius 1 is 0.950 bits per heavy atom. The Morgan fingerprint density at radius 3 is 1.35 bits per heavy atom. The van der Waals surface area contributed by atoms with Crippen LogP contribution in [0, 0.1) is 11.9 Å². The first kappa shape index (κ1) is 26.9. The fourth-order valence-electron chi connectivity index (χ4n) is 0.371. The number of carboxylic acids is 3. The fourth-order valence-corrected chi connectivity index (χ4v) is 0.371. The number of aliphatic carboxylic acids is 3. The minimum atomic E-state index is -1.08. The molecule has 0 aromatic heterocycles. The summed E-state index contributed by atoms with van der Waals surface area (Å²) in [5, 5.41) is 26.7. The zero-order chi connectivity index (χ0) is 15.8. The van der Waals surface area contributed by atoms with E-state index in [9.17, 15) is 4.39 Å². The Hall–Kier alpha value is -1.52. The largest absolute Gasteiger partial charge is 0.550 e. The fraction of sp³-hybridized carbons (Fsp3) is 0.250. The molecule has 1 aromatic carbocycles. The van der Waals surface area contributed by atoms with E-state index in [-0.39, 0.29) is 33.1 Å². The molecule has 0 spiro atoms. The quantitative estimate of drug-likeness (QED) is 0.380. The van der Waals surface area contributed by atoms with Crippen molar-refractivity contribution >= 4 is 45.2 Å². The summed E-state index contributed by atoms with van der Waals surface area (Å²) >= 11 is 0. The van der Waals surface area contributed by atoms with Crippen LogP contribution in [-0.4, -0.2) is 45.2 Å². The summed E-state index contributed by atoms with van der Waals surface area (Å²) in [5.74, 6) is -3.55. The van der Waals surface area contributed by atoms with E-state index in [1.165, 1.54) is 12.1 Å². The SMILES string of the molecule is CC(=O)[O-].CC(=O)[O-].CC(=O)[O-].Fc1[c]cccc1.[Pb]. The van der Waals surface area contributed by atoms with Crippen LogP contribution < -0.4 is 15.3 Å². The first-order chi connectivity index (χ1) is 8.59. The van der Waals surface area contributed by atoms with Gasteiger partial charge in [0.15, 0.2) is 0 Å². The normalized spacial score (nSPS) is 6.80. The second-order valence-corrected chi connectivity index (χ2v) is 2.69. The van der Waals surface area contributed by atoms with Crippen LogP contribution in [0.2, 0.25) is 0 Å². The maximum Gasteiger partial charge on any atom is 0.131 e. The first-order valence-electron chi connectivity index (χ1n) is 4.74. The summed E-state index contributed by atoms with van der Waals surface area (Å²) in [5.41, 5.74) is 0. The maximum absolute atomic E-state index is 11.9. The van der Waals surface area contributed by atoms with E-state index >= 15 is 0 Å². The average molecular weight is 479 g/mol. The number of rotatable bonds is 0. The van der Waals surface area contributed by atoms with E-state index in [2.05, 4.69) is 6.07 Å². The minimum absolute atomic E-state index is 0. The van der Waals surface area contributed by atoms with Gasteiger partial charge in [-0.25, -0.2) is 4.39 Å². The molecular formula is C12H13FO6Pb-3. The summed E-state index contributed by atoms with van der Waals surface area (Å²) in [6, 6.07) is 8.62. The molecule has 8 heteroatoms. The van der Waals surface area contributed by atoms with Gasteiger partial charge < -0.3 is 29.7 Å². The molecule has 0 aliphatic rings. The Bertz CT molecular complexity index is 329. The van der Waals surface area contributed by atoms with Crippen LogP contribution in [0.3, 0.4) is 0 Å². The van der Waals surface area contributed by atoms with Gasteiger partial charge >= 0.3 is 0 Å². The third-order valence-corrected chi connectivity index (χ3v) is 0.671. The van der Waals surface area contributed by atoms with E-state index in [1.807, 2.05) is 0 Å². The molecular weight excluding hydrogens is 466 g/mol. The number of halogens is 1. The Kier molecular flexibility index (Phi) is 26.7. The van der Waals surface area contributed by atoms with Gasteiger partial charge in [0.2, 0.25) is 0 Å². The van der Waals surface area contributed by atoms with Gasteiger partial charge in [-0.2, -0.15) is 0 Å². The Morgan fingerprint density at radius 2 is 1.25 bits per heavy atom. The van der Waals surface area contributed by atoms with E-state index in [0.717, 1.165) is 20.8 Å². The molecule has 0 atom stereocenters.